The molecule has 0 bridgehead atoms. The molecular weight excluding hydrogens is 248 g/mol. The van der Waals surface area contributed by atoms with Crippen LogP contribution in [0.1, 0.15) is 13.3 Å². The van der Waals surface area contributed by atoms with Crippen LogP contribution in [0.25, 0.3) is 0 Å². The van der Waals surface area contributed by atoms with Gasteiger partial charge >= 0.3 is 23.9 Å². The van der Waals surface area contributed by atoms with Gasteiger partial charge in [-0.1, -0.05) is 12.2 Å². The van der Waals surface area contributed by atoms with Gasteiger partial charge in [-0.2, -0.15) is 0 Å². The molecule has 100 valence electrons. The van der Waals surface area contributed by atoms with Crippen molar-refractivity contribution in [2.24, 2.45) is 0 Å². The van der Waals surface area contributed by atoms with Crippen LogP contribution in [0.15, 0.2) is 23.8 Å². The maximum Gasteiger partial charge on any atom is 0.342 e. The van der Waals surface area contributed by atoms with Crippen molar-refractivity contribution in [3.63, 3.8) is 0 Å². The summed E-state index contributed by atoms with van der Waals surface area (Å²) in [6.45, 7) is 1.36. The van der Waals surface area contributed by atoms with Gasteiger partial charge in [0.2, 0.25) is 0 Å². The van der Waals surface area contributed by atoms with Crippen LogP contribution in [-0.4, -0.2) is 44.3 Å². The van der Waals surface area contributed by atoms with E-state index in [2.05, 4.69) is 0 Å². The highest BCUT2D eigenvalue weighted by Gasteiger charge is 2.12. The lowest BCUT2D eigenvalue weighted by molar-refractivity contribution is -0.140. The monoisotopic (exact) mass is 260 g/mol. The van der Waals surface area contributed by atoms with Crippen LogP contribution in [0.5, 0.6) is 0 Å². The molecule has 0 aromatic rings. The fourth-order valence-electron chi connectivity index (χ4n) is 0.599. The minimum Gasteiger partial charge on any atom is -0.481 e. The Hall–Kier alpha value is -2.64. The van der Waals surface area contributed by atoms with Crippen molar-refractivity contribution in [1.29, 1.82) is 0 Å². The van der Waals surface area contributed by atoms with Gasteiger partial charge in [-0.15, -0.1) is 0 Å². The second-order valence-corrected chi connectivity index (χ2v) is 2.65. The predicted molar refractivity (Wildman–Crippen MR) is 58.1 cm³/mol. The zero-order valence-electron chi connectivity index (χ0n) is 9.36. The summed E-state index contributed by atoms with van der Waals surface area (Å²) in [6, 6.07) is 0. The molecule has 8 nitrogen and oxygen atoms in total. The molecule has 0 atom stereocenters. The first-order chi connectivity index (χ1) is 8.22. The summed E-state index contributed by atoms with van der Waals surface area (Å²) < 4.78 is 0. The number of carbonyl (C=O) groups is 4. The Morgan fingerprint density at radius 1 is 0.944 bits per heavy atom. The standard InChI is InChI=1S/2C5H6O4/c1-2-3(4(6)7)5(8)9;6-4(7)2-1-3-5(8)9/h2H,1H3,(H,6,7)(H,8,9);1-2H,3H2,(H,6,7)(H,8,9). The normalized spacial score (nSPS) is 8.94. The Balaban J connectivity index is 0. The molecule has 0 aromatic carbocycles. The molecule has 0 unspecified atom stereocenters. The van der Waals surface area contributed by atoms with E-state index in [1.165, 1.54) is 6.92 Å². The van der Waals surface area contributed by atoms with Crippen molar-refractivity contribution in [3.05, 3.63) is 23.8 Å². The molecule has 0 rings (SSSR count). The van der Waals surface area contributed by atoms with Crippen LogP contribution >= 0.6 is 0 Å². The molecular formula is C10H12O8. The molecule has 0 saturated carbocycles. The maximum atomic E-state index is 9.92. The van der Waals surface area contributed by atoms with E-state index in [1.54, 1.807) is 0 Å². The van der Waals surface area contributed by atoms with Crippen molar-refractivity contribution in [1.82, 2.24) is 0 Å². The summed E-state index contributed by atoms with van der Waals surface area (Å²) in [5, 5.41) is 32.1. The van der Waals surface area contributed by atoms with Crippen LogP contribution in [0.2, 0.25) is 0 Å². The number of carboxylic acid groups (broad SMARTS) is 4. The number of allylic oxidation sites excluding steroid dienone is 1. The second kappa shape index (κ2) is 9.58. The number of hydrogen-bond donors (Lipinski definition) is 4. The lowest BCUT2D eigenvalue weighted by atomic mass is 10.3. The molecule has 0 aromatic heterocycles. The van der Waals surface area contributed by atoms with E-state index >= 15 is 0 Å². The van der Waals surface area contributed by atoms with Gasteiger partial charge in [0, 0.05) is 6.08 Å². The highest BCUT2D eigenvalue weighted by molar-refractivity contribution is 6.12. The Morgan fingerprint density at radius 2 is 1.39 bits per heavy atom. The summed E-state index contributed by atoms with van der Waals surface area (Å²) in [5.41, 5.74) is -0.602. The van der Waals surface area contributed by atoms with E-state index in [-0.39, 0.29) is 6.42 Å². The lowest BCUT2D eigenvalue weighted by Gasteiger charge is -1.89. The first kappa shape index (κ1) is 17.7. The van der Waals surface area contributed by atoms with E-state index in [9.17, 15) is 19.2 Å². The molecule has 0 amide bonds. The first-order valence-electron chi connectivity index (χ1n) is 4.46. The predicted octanol–water partition coefficient (Wildman–Crippen LogP) is 0.204. The van der Waals surface area contributed by atoms with Gasteiger partial charge in [-0.3, -0.25) is 4.79 Å². The third-order valence-electron chi connectivity index (χ3n) is 1.30. The van der Waals surface area contributed by atoms with Gasteiger partial charge in [-0.05, 0) is 6.92 Å². The first-order valence-corrected chi connectivity index (χ1v) is 4.46. The number of carboxylic acids is 4. The van der Waals surface area contributed by atoms with E-state index in [0.717, 1.165) is 18.2 Å². The SMILES string of the molecule is CC=C(C(=O)O)C(=O)O.O=C(O)C=CCC(=O)O. The molecule has 0 heterocycles. The Kier molecular flexibility index (Phi) is 9.44. The summed E-state index contributed by atoms with van der Waals surface area (Å²) in [6.07, 6.45) is 2.66. The van der Waals surface area contributed by atoms with Gasteiger partial charge in [0.1, 0.15) is 5.57 Å². The zero-order valence-corrected chi connectivity index (χ0v) is 9.36. The smallest absolute Gasteiger partial charge is 0.342 e. The van der Waals surface area contributed by atoms with Crippen LogP contribution in [0, 0.1) is 0 Å². The third-order valence-corrected chi connectivity index (χ3v) is 1.30. The average Bonchev–Trinajstić information content (AvgIpc) is 2.16. The molecule has 18 heavy (non-hydrogen) atoms. The van der Waals surface area contributed by atoms with Crippen molar-refractivity contribution in [2.75, 3.05) is 0 Å². The summed E-state index contributed by atoms with van der Waals surface area (Å²) in [4.78, 5) is 39.3. The average molecular weight is 260 g/mol. The Morgan fingerprint density at radius 3 is 1.56 bits per heavy atom. The lowest BCUT2D eigenvalue weighted by Crippen LogP contribution is -2.10. The third kappa shape index (κ3) is 11.4. The molecule has 0 radical (unpaired) electrons. The summed E-state index contributed by atoms with van der Waals surface area (Å²) in [5.74, 6) is -4.99. The number of aliphatic carboxylic acids is 4. The molecule has 0 aliphatic carbocycles. The highest BCUT2D eigenvalue weighted by Crippen LogP contribution is 1.92. The molecule has 4 N–H and O–H groups in total. The molecule has 0 saturated heterocycles. The maximum absolute atomic E-state index is 9.92. The molecule has 0 spiro atoms. The van der Waals surface area contributed by atoms with E-state index in [4.69, 9.17) is 20.4 Å². The van der Waals surface area contributed by atoms with Crippen LogP contribution in [0.4, 0.5) is 0 Å². The number of hydrogen-bond acceptors (Lipinski definition) is 4. The minimum atomic E-state index is -1.41. The summed E-state index contributed by atoms with van der Waals surface area (Å²) in [7, 11) is 0. The largest absolute Gasteiger partial charge is 0.481 e. The topological polar surface area (TPSA) is 149 Å². The van der Waals surface area contributed by atoms with Crippen molar-refractivity contribution in [2.45, 2.75) is 13.3 Å². The van der Waals surface area contributed by atoms with Gasteiger partial charge in [0.05, 0.1) is 6.42 Å². The van der Waals surface area contributed by atoms with Crippen LogP contribution < -0.4 is 0 Å². The second-order valence-electron chi connectivity index (χ2n) is 2.65. The van der Waals surface area contributed by atoms with E-state index in [0.29, 0.717) is 0 Å². The van der Waals surface area contributed by atoms with Gasteiger partial charge < -0.3 is 20.4 Å². The van der Waals surface area contributed by atoms with Gasteiger partial charge in [-0.25, -0.2) is 14.4 Å². The van der Waals surface area contributed by atoms with E-state index in [1.807, 2.05) is 0 Å². The summed E-state index contributed by atoms with van der Waals surface area (Å²) >= 11 is 0. The van der Waals surface area contributed by atoms with Crippen LogP contribution in [0.3, 0.4) is 0 Å². The van der Waals surface area contributed by atoms with Gasteiger partial charge in [0.25, 0.3) is 0 Å². The fourth-order valence-corrected chi connectivity index (χ4v) is 0.599. The Labute approximate surface area is 101 Å². The Bertz CT molecular complexity index is 375. The van der Waals surface area contributed by atoms with Gasteiger partial charge in [0.15, 0.2) is 0 Å². The van der Waals surface area contributed by atoms with Crippen LogP contribution in [-0.2, 0) is 19.2 Å². The molecule has 0 aliphatic rings. The quantitative estimate of drug-likeness (QED) is 0.311. The number of rotatable bonds is 5. The van der Waals surface area contributed by atoms with Crippen molar-refractivity contribution in [3.8, 4) is 0 Å². The minimum absolute atomic E-state index is 0.244. The van der Waals surface area contributed by atoms with Crippen molar-refractivity contribution < 1.29 is 39.6 Å². The molecule has 0 aliphatic heterocycles. The van der Waals surface area contributed by atoms with E-state index < -0.39 is 29.5 Å². The molecule has 8 heteroatoms. The zero-order chi connectivity index (χ0) is 14.7. The van der Waals surface area contributed by atoms with Crippen molar-refractivity contribution >= 4 is 23.9 Å². The molecule has 0 fully saturated rings. The fraction of sp³-hybridized carbons (Fsp3) is 0.200. The highest BCUT2D eigenvalue weighted by atomic mass is 16.4.